The molecule has 1 aromatic carbocycles. The van der Waals surface area contributed by atoms with Crippen LogP contribution in [0, 0.1) is 37.5 Å². The van der Waals surface area contributed by atoms with E-state index in [4.69, 9.17) is 9.47 Å². The predicted octanol–water partition coefficient (Wildman–Crippen LogP) is 4.24. The number of hydrogen-bond acceptors (Lipinski definition) is 7. The number of aromatic nitrogens is 6. The molecule has 6 rings (SSSR count). The first-order valence-corrected chi connectivity index (χ1v) is 15.8. The Hall–Kier alpha value is -6.53. The largest absolute Gasteiger partial charge is 0.462 e. The minimum atomic E-state index is -0.469. The highest BCUT2D eigenvalue weighted by atomic mass is 16.5. The lowest BCUT2D eigenvalue weighted by molar-refractivity contribution is 0.0518. The summed E-state index contributed by atoms with van der Waals surface area (Å²) in [6.45, 7) is 7.50. The average molecular weight is 673 g/mol. The topological polar surface area (TPSA) is 146 Å². The van der Waals surface area contributed by atoms with E-state index < -0.39 is 11.9 Å². The van der Waals surface area contributed by atoms with Crippen LogP contribution in [0.2, 0.25) is 0 Å². The van der Waals surface area contributed by atoms with E-state index in [9.17, 15) is 19.2 Å². The Labute approximate surface area is 287 Å². The van der Waals surface area contributed by atoms with Crippen molar-refractivity contribution in [1.82, 2.24) is 28.7 Å². The zero-order valence-corrected chi connectivity index (χ0v) is 28.8. The Morgan fingerprint density at radius 2 is 1.20 bits per heavy atom. The first-order valence-electron chi connectivity index (χ1n) is 15.8. The second kappa shape index (κ2) is 14.7. The van der Waals surface area contributed by atoms with Gasteiger partial charge >= 0.3 is 11.9 Å². The molecular formula is C38H36N6O6. The van der Waals surface area contributed by atoms with Crippen molar-refractivity contribution in [1.29, 1.82) is 0 Å². The normalized spacial score (nSPS) is 10.5. The maximum atomic E-state index is 12.4. The van der Waals surface area contributed by atoms with Gasteiger partial charge in [-0.15, -0.1) is 0 Å². The summed E-state index contributed by atoms with van der Waals surface area (Å²) in [6.07, 6.45) is 6.59. The number of aryl methyl sites for hydroxylation is 5. The number of aromatic amines is 2. The first-order chi connectivity index (χ1) is 24.0. The lowest BCUT2D eigenvalue weighted by Gasteiger charge is -2.04. The fourth-order valence-corrected chi connectivity index (χ4v) is 5.47. The molecule has 0 aliphatic rings. The number of hydrogen-bond donors (Lipinski definition) is 2. The standard InChI is InChI=1S/C20H18N2O3.C18H18N4O3/c1-4-25-20(24)16-13(2)21-18-17(16)15(12-22(3)19(18)23)11-10-14-8-6-5-7-9-14;1-5-25-18(24)14-11(2)20-16-15(14)12(9-21(3)17(16)23)6-7-13-8-19-10-22(13)4/h5-9,12,21H,4H2,1-3H3;8-10,20H,5H2,1-4H3. The van der Waals surface area contributed by atoms with Gasteiger partial charge in [0.25, 0.3) is 11.1 Å². The molecule has 0 saturated carbocycles. The number of rotatable bonds is 4. The van der Waals surface area contributed by atoms with E-state index in [0.29, 0.717) is 55.4 Å². The number of H-pyrrole nitrogens is 2. The summed E-state index contributed by atoms with van der Waals surface area (Å²) in [4.78, 5) is 59.6. The molecule has 0 spiro atoms. The molecule has 0 aliphatic heterocycles. The summed E-state index contributed by atoms with van der Waals surface area (Å²) in [5, 5.41) is 1.01. The molecule has 12 heteroatoms. The molecular weight excluding hydrogens is 636 g/mol. The molecule has 0 aliphatic carbocycles. The SMILES string of the molecule is CCOC(=O)c1c(C)[nH]c2c(=O)n(C)cc(C#Cc3ccccc3)c12.CCOC(=O)c1c(C)[nH]c2c(=O)n(C)cc(C#Cc3cncn3C)c12. The number of esters is 2. The fraction of sp³-hybridized carbons (Fsp3) is 0.237. The van der Waals surface area contributed by atoms with Crippen molar-refractivity contribution in [2.45, 2.75) is 27.7 Å². The van der Waals surface area contributed by atoms with Crippen molar-refractivity contribution < 1.29 is 19.1 Å². The van der Waals surface area contributed by atoms with Crippen LogP contribution in [0.1, 0.15) is 68.3 Å². The van der Waals surface area contributed by atoms with Crippen molar-refractivity contribution in [2.75, 3.05) is 13.2 Å². The molecule has 0 fully saturated rings. The van der Waals surface area contributed by atoms with Gasteiger partial charge in [-0.25, -0.2) is 14.6 Å². The van der Waals surface area contributed by atoms with Gasteiger partial charge in [0.2, 0.25) is 0 Å². The number of benzene rings is 1. The first kappa shape index (κ1) is 34.8. The third kappa shape index (κ3) is 6.86. The van der Waals surface area contributed by atoms with E-state index in [1.165, 1.54) is 9.13 Å². The number of fused-ring (bicyclic) bond motifs is 2. The lowest BCUT2D eigenvalue weighted by atomic mass is 10.1. The van der Waals surface area contributed by atoms with Crippen molar-refractivity contribution in [2.24, 2.45) is 21.1 Å². The van der Waals surface area contributed by atoms with Crippen LogP contribution < -0.4 is 11.1 Å². The molecule has 0 saturated heterocycles. The van der Waals surface area contributed by atoms with Crippen LogP contribution >= 0.6 is 0 Å². The molecule has 0 radical (unpaired) electrons. The van der Waals surface area contributed by atoms with Gasteiger partial charge in [-0.3, -0.25) is 9.59 Å². The summed E-state index contributed by atoms with van der Waals surface area (Å²) in [7, 11) is 5.16. The van der Waals surface area contributed by atoms with Gasteiger partial charge in [0.15, 0.2) is 0 Å². The van der Waals surface area contributed by atoms with E-state index in [1.54, 1.807) is 71.3 Å². The Balaban J connectivity index is 0.000000194. The Morgan fingerprint density at radius 3 is 1.64 bits per heavy atom. The molecule has 5 aromatic heterocycles. The maximum Gasteiger partial charge on any atom is 0.340 e. The van der Waals surface area contributed by atoms with Gasteiger partial charge in [0.1, 0.15) is 16.7 Å². The number of nitrogens with one attached hydrogen (secondary N) is 2. The third-order valence-corrected chi connectivity index (χ3v) is 7.84. The van der Waals surface area contributed by atoms with Crippen LogP contribution in [0.25, 0.3) is 21.8 Å². The highest BCUT2D eigenvalue weighted by Gasteiger charge is 2.23. The Morgan fingerprint density at radius 1 is 0.720 bits per heavy atom. The molecule has 0 bridgehead atoms. The van der Waals surface area contributed by atoms with Gasteiger partial charge in [-0.2, -0.15) is 0 Å². The lowest BCUT2D eigenvalue weighted by Crippen LogP contribution is -2.17. The van der Waals surface area contributed by atoms with Crippen LogP contribution in [-0.2, 0) is 30.6 Å². The van der Waals surface area contributed by atoms with Gasteiger partial charge in [-0.05, 0) is 45.7 Å². The molecule has 0 amide bonds. The second-order valence-electron chi connectivity index (χ2n) is 11.4. The number of nitrogens with zero attached hydrogens (tertiary/aromatic N) is 4. The van der Waals surface area contributed by atoms with Crippen LogP contribution in [0.3, 0.4) is 0 Å². The van der Waals surface area contributed by atoms with E-state index in [0.717, 1.165) is 11.3 Å². The number of pyridine rings is 2. The highest BCUT2D eigenvalue weighted by Crippen LogP contribution is 2.25. The van der Waals surface area contributed by atoms with Crippen molar-refractivity contribution in [3.05, 3.63) is 121 Å². The van der Waals surface area contributed by atoms with Crippen molar-refractivity contribution >= 4 is 33.7 Å². The highest BCUT2D eigenvalue weighted by molar-refractivity contribution is 6.08. The smallest absolute Gasteiger partial charge is 0.340 e. The number of carbonyl (C=O) groups excluding carboxylic acids is 2. The van der Waals surface area contributed by atoms with Gasteiger partial charge < -0.3 is 33.1 Å². The van der Waals surface area contributed by atoms with Gasteiger partial charge in [0, 0.05) is 61.3 Å². The zero-order chi connectivity index (χ0) is 36.1. The zero-order valence-electron chi connectivity index (χ0n) is 28.8. The predicted molar refractivity (Wildman–Crippen MR) is 190 cm³/mol. The third-order valence-electron chi connectivity index (χ3n) is 7.84. The van der Waals surface area contributed by atoms with Crippen LogP contribution in [0.5, 0.6) is 0 Å². The summed E-state index contributed by atoms with van der Waals surface area (Å²) in [5.41, 5.74) is 4.94. The number of carbonyl (C=O) groups is 2. The molecule has 50 heavy (non-hydrogen) atoms. The quantitative estimate of drug-likeness (QED) is 0.211. The second-order valence-corrected chi connectivity index (χ2v) is 11.4. The summed E-state index contributed by atoms with van der Waals surface area (Å²) >= 11 is 0. The maximum absolute atomic E-state index is 12.4. The monoisotopic (exact) mass is 672 g/mol. The summed E-state index contributed by atoms with van der Waals surface area (Å²) in [6, 6.07) is 9.54. The molecule has 0 unspecified atom stereocenters. The molecule has 254 valence electrons. The Kier molecular flexibility index (Phi) is 10.2. The minimum Gasteiger partial charge on any atom is -0.462 e. The molecule has 2 N–H and O–H groups in total. The van der Waals surface area contributed by atoms with E-state index in [2.05, 4.69) is 38.6 Å². The molecule has 6 aromatic rings. The number of ether oxygens (including phenoxy) is 2. The van der Waals surface area contributed by atoms with Crippen LogP contribution in [0.15, 0.2) is 64.8 Å². The summed E-state index contributed by atoms with van der Waals surface area (Å²) in [5.74, 6) is 11.3. The van der Waals surface area contributed by atoms with Crippen LogP contribution in [-0.4, -0.2) is 53.8 Å². The summed E-state index contributed by atoms with van der Waals surface area (Å²) < 4.78 is 15.0. The minimum absolute atomic E-state index is 0.209. The average Bonchev–Trinajstić information content (AvgIpc) is 3.78. The van der Waals surface area contributed by atoms with E-state index >= 15 is 0 Å². The van der Waals surface area contributed by atoms with Crippen molar-refractivity contribution in [3.8, 4) is 23.7 Å². The fourth-order valence-electron chi connectivity index (χ4n) is 5.47. The number of imidazole rings is 1. The molecule has 0 atom stereocenters. The van der Waals surface area contributed by atoms with Crippen LogP contribution in [0.4, 0.5) is 0 Å². The van der Waals surface area contributed by atoms with Gasteiger partial charge in [0.05, 0.1) is 48.0 Å². The Bertz CT molecular complexity index is 2510. The van der Waals surface area contributed by atoms with Gasteiger partial charge in [-0.1, -0.05) is 36.0 Å². The van der Waals surface area contributed by atoms with Crippen molar-refractivity contribution in [3.63, 3.8) is 0 Å². The van der Waals surface area contributed by atoms with E-state index in [1.807, 2.05) is 37.4 Å². The van der Waals surface area contributed by atoms with E-state index in [-0.39, 0.29) is 24.3 Å². The molecule has 5 heterocycles. The molecule has 12 nitrogen and oxygen atoms in total.